The van der Waals surface area contributed by atoms with Crippen LogP contribution in [0.3, 0.4) is 0 Å². The van der Waals surface area contributed by atoms with Gasteiger partial charge in [0.15, 0.2) is 0 Å². The summed E-state index contributed by atoms with van der Waals surface area (Å²) in [5.41, 5.74) is 0.376. The van der Waals surface area contributed by atoms with E-state index in [2.05, 4.69) is 51.5 Å². The molecule has 2 fully saturated rings. The van der Waals surface area contributed by atoms with Gasteiger partial charge in [-0.25, -0.2) is 0 Å². The van der Waals surface area contributed by atoms with Gasteiger partial charge >= 0.3 is 0 Å². The van der Waals surface area contributed by atoms with E-state index in [0.717, 1.165) is 32.0 Å². The van der Waals surface area contributed by atoms with Crippen LogP contribution >= 0.6 is 0 Å². The molecule has 5 unspecified atom stereocenters. The Morgan fingerprint density at radius 2 is 1.62 bits per heavy atom. The number of rotatable bonds is 2. The number of aliphatic hydroxyl groups is 1. The zero-order valence-electron chi connectivity index (χ0n) is 15.0. The van der Waals surface area contributed by atoms with Gasteiger partial charge in [0, 0.05) is 31.7 Å². The molecule has 1 aliphatic carbocycles. The zero-order valence-corrected chi connectivity index (χ0v) is 15.0. The van der Waals surface area contributed by atoms with Crippen molar-refractivity contribution in [3.63, 3.8) is 0 Å². The van der Waals surface area contributed by atoms with Crippen LogP contribution in [0, 0.1) is 17.3 Å². The van der Waals surface area contributed by atoms with Crippen molar-refractivity contribution in [3.8, 4) is 0 Å². The predicted octanol–water partition coefficient (Wildman–Crippen LogP) is 2.83. The quantitative estimate of drug-likeness (QED) is 0.849. The minimum atomic E-state index is -0.0890. The van der Waals surface area contributed by atoms with Gasteiger partial charge in [-0.15, -0.1) is 0 Å². The summed E-state index contributed by atoms with van der Waals surface area (Å²) in [5, 5.41) is 10.4. The standard InChI is InChI=1S/C18H36N2O/c1-13-10-20(11-14(2)19(13)6)12-15-9-16(18(3,4)5)7-8-17(15)21/h13-17,21H,7-12H2,1-6H3. The van der Waals surface area contributed by atoms with E-state index in [1.165, 1.54) is 12.8 Å². The van der Waals surface area contributed by atoms with Crippen LogP contribution in [0.1, 0.15) is 53.9 Å². The molecule has 1 N–H and O–H groups in total. The molecule has 1 saturated carbocycles. The second kappa shape index (κ2) is 6.55. The molecular weight excluding hydrogens is 260 g/mol. The summed E-state index contributed by atoms with van der Waals surface area (Å²) in [5.74, 6) is 1.22. The van der Waals surface area contributed by atoms with Gasteiger partial charge in [0.25, 0.3) is 0 Å². The molecule has 1 heterocycles. The topological polar surface area (TPSA) is 26.7 Å². The van der Waals surface area contributed by atoms with E-state index in [4.69, 9.17) is 0 Å². The molecule has 124 valence electrons. The van der Waals surface area contributed by atoms with Crippen LogP contribution in [-0.4, -0.2) is 59.8 Å². The van der Waals surface area contributed by atoms with E-state index >= 15 is 0 Å². The summed E-state index contributed by atoms with van der Waals surface area (Å²) in [6.45, 7) is 15.1. The van der Waals surface area contributed by atoms with Crippen LogP contribution in [0.5, 0.6) is 0 Å². The molecule has 5 atom stereocenters. The van der Waals surface area contributed by atoms with E-state index in [9.17, 15) is 5.11 Å². The Labute approximate surface area is 131 Å². The fourth-order valence-electron chi connectivity index (χ4n) is 4.23. The Morgan fingerprint density at radius 1 is 1.05 bits per heavy atom. The van der Waals surface area contributed by atoms with Gasteiger partial charge in [-0.3, -0.25) is 9.80 Å². The number of hydrogen-bond donors (Lipinski definition) is 1. The van der Waals surface area contributed by atoms with Crippen molar-refractivity contribution in [1.29, 1.82) is 0 Å². The molecule has 2 aliphatic rings. The van der Waals surface area contributed by atoms with Crippen molar-refractivity contribution in [1.82, 2.24) is 9.80 Å². The third-order valence-electron chi connectivity index (χ3n) is 6.10. The molecule has 1 aliphatic heterocycles. The van der Waals surface area contributed by atoms with E-state index in [1.54, 1.807) is 0 Å². The van der Waals surface area contributed by atoms with Crippen LogP contribution in [0.15, 0.2) is 0 Å². The molecule has 21 heavy (non-hydrogen) atoms. The highest BCUT2D eigenvalue weighted by Gasteiger charge is 2.37. The summed E-state index contributed by atoms with van der Waals surface area (Å²) < 4.78 is 0. The van der Waals surface area contributed by atoms with Crippen molar-refractivity contribution in [3.05, 3.63) is 0 Å². The van der Waals surface area contributed by atoms with Crippen molar-refractivity contribution >= 4 is 0 Å². The molecule has 0 aromatic carbocycles. The highest BCUT2D eigenvalue weighted by molar-refractivity contribution is 4.89. The molecule has 0 radical (unpaired) electrons. The molecular formula is C18H36N2O. The lowest BCUT2D eigenvalue weighted by atomic mass is 9.68. The van der Waals surface area contributed by atoms with Gasteiger partial charge < -0.3 is 5.11 Å². The van der Waals surface area contributed by atoms with Crippen molar-refractivity contribution in [2.45, 2.75) is 72.1 Å². The average molecular weight is 296 g/mol. The van der Waals surface area contributed by atoms with E-state index in [-0.39, 0.29) is 6.10 Å². The molecule has 0 aromatic heterocycles. The summed E-state index contributed by atoms with van der Waals surface area (Å²) in [6, 6.07) is 1.24. The largest absolute Gasteiger partial charge is 0.393 e. The fraction of sp³-hybridized carbons (Fsp3) is 1.00. The number of aliphatic hydroxyl groups excluding tert-OH is 1. The molecule has 0 spiro atoms. The van der Waals surface area contributed by atoms with Gasteiger partial charge in [-0.2, -0.15) is 0 Å². The van der Waals surface area contributed by atoms with E-state index < -0.39 is 0 Å². The Bertz CT molecular complexity index is 327. The zero-order chi connectivity index (χ0) is 15.8. The number of piperazine rings is 1. The molecule has 3 nitrogen and oxygen atoms in total. The van der Waals surface area contributed by atoms with Crippen molar-refractivity contribution in [2.75, 3.05) is 26.7 Å². The molecule has 1 saturated heterocycles. The maximum atomic E-state index is 10.4. The Morgan fingerprint density at radius 3 is 2.14 bits per heavy atom. The van der Waals surface area contributed by atoms with Crippen molar-refractivity contribution < 1.29 is 5.11 Å². The highest BCUT2D eigenvalue weighted by atomic mass is 16.3. The van der Waals surface area contributed by atoms with E-state index in [0.29, 0.717) is 23.4 Å². The van der Waals surface area contributed by atoms with Crippen LogP contribution in [0.2, 0.25) is 0 Å². The first-order chi connectivity index (χ1) is 9.68. The Hall–Kier alpha value is -0.120. The highest BCUT2D eigenvalue weighted by Crippen LogP contribution is 2.40. The second-order valence-electron chi connectivity index (χ2n) is 8.79. The fourth-order valence-corrected chi connectivity index (χ4v) is 4.23. The van der Waals surface area contributed by atoms with E-state index in [1.807, 2.05) is 0 Å². The summed E-state index contributed by atoms with van der Waals surface area (Å²) in [4.78, 5) is 5.07. The van der Waals surface area contributed by atoms with Crippen LogP contribution in [-0.2, 0) is 0 Å². The molecule has 0 aromatic rings. The van der Waals surface area contributed by atoms with Crippen LogP contribution in [0.4, 0.5) is 0 Å². The SMILES string of the molecule is CC1CN(CC2CC(C(C)(C)C)CCC2O)CC(C)N1C. The molecule has 0 amide bonds. The third-order valence-corrected chi connectivity index (χ3v) is 6.10. The lowest BCUT2D eigenvalue weighted by Crippen LogP contribution is -2.56. The van der Waals surface area contributed by atoms with Gasteiger partial charge in [0.05, 0.1) is 6.10 Å². The minimum absolute atomic E-state index is 0.0890. The normalized spacial score (nSPS) is 40.4. The first-order valence-electron chi connectivity index (χ1n) is 8.80. The van der Waals surface area contributed by atoms with Crippen molar-refractivity contribution in [2.24, 2.45) is 17.3 Å². The first-order valence-corrected chi connectivity index (χ1v) is 8.80. The van der Waals surface area contributed by atoms with Crippen LogP contribution in [0.25, 0.3) is 0 Å². The molecule has 0 bridgehead atoms. The number of nitrogens with zero attached hydrogens (tertiary/aromatic N) is 2. The average Bonchev–Trinajstić information content (AvgIpc) is 2.37. The smallest absolute Gasteiger partial charge is 0.0580 e. The second-order valence-corrected chi connectivity index (χ2v) is 8.79. The van der Waals surface area contributed by atoms with Gasteiger partial charge in [-0.05, 0) is 57.4 Å². The number of likely N-dealkylation sites (N-methyl/N-ethyl adjacent to an activating group) is 1. The summed E-state index contributed by atoms with van der Waals surface area (Å²) >= 11 is 0. The van der Waals surface area contributed by atoms with Crippen LogP contribution < -0.4 is 0 Å². The Kier molecular flexibility index (Phi) is 5.38. The molecule has 2 rings (SSSR count). The minimum Gasteiger partial charge on any atom is -0.393 e. The third kappa shape index (κ3) is 4.20. The number of hydrogen-bond acceptors (Lipinski definition) is 3. The summed E-state index contributed by atoms with van der Waals surface area (Å²) in [7, 11) is 2.23. The summed E-state index contributed by atoms with van der Waals surface area (Å²) in [6.07, 6.45) is 3.29. The maximum absolute atomic E-state index is 10.4. The van der Waals surface area contributed by atoms with Gasteiger partial charge in [0.1, 0.15) is 0 Å². The Balaban J connectivity index is 1.94. The van der Waals surface area contributed by atoms with Gasteiger partial charge in [0.2, 0.25) is 0 Å². The molecule has 3 heteroatoms. The lowest BCUT2D eigenvalue weighted by Gasteiger charge is -2.46. The van der Waals surface area contributed by atoms with Gasteiger partial charge in [-0.1, -0.05) is 20.8 Å². The monoisotopic (exact) mass is 296 g/mol. The maximum Gasteiger partial charge on any atom is 0.0580 e. The first kappa shape index (κ1) is 17.2. The predicted molar refractivity (Wildman–Crippen MR) is 89.4 cm³/mol. The lowest BCUT2D eigenvalue weighted by molar-refractivity contribution is -0.0162.